The van der Waals surface area contributed by atoms with Gasteiger partial charge < -0.3 is 17.7 Å². The molecule has 0 bridgehead atoms. The van der Waals surface area contributed by atoms with Gasteiger partial charge in [-0.1, -0.05) is 48.5 Å². The molecule has 0 N–H and O–H groups in total. The fraction of sp³-hybridized carbons (Fsp3) is 0.615. The molecule has 0 aliphatic rings. The summed E-state index contributed by atoms with van der Waals surface area (Å²) in [5.74, 6) is 1.42. The molecule has 0 atom stereocenters. The Balaban J connectivity index is 2.67. The number of aryl methyl sites for hydroxylation is 1. The van der Waals surface area contributed by atoms with Crippen molar-refractivity contribution in [3.8, 4) is 17.3 Å². The third-order valence-corrected chi connectivity index (χ3v) is 16.1. The molecular formula is C26H42O6Si2. The van der Waals surface area contributed by atoms with Gasteiger partial charge in [-0.05, 0) is 43.2 Å². The Bertz CT molecular complexity index is 1140. The predicted molar refractivity (Wildman–Crippen MR) is 143 cm³/mol. The fourth-order valence-electron chi connectivity index (χ4n) is 2.72. The van der Waals surface area contributed by atoms with Crippen LogP contribution in [0.1, 0.15) is 65.6 Å². The Morgan fingerprint density at radius 2 is 1.29 bits per heavy atom. The van der Waals surface area contributed by atoms with Gasteiger partial charge in [-0.25, -0.2) is 0 Å². The SMILES string of the molecule is CCc1cc(=O)c(O[Si](C)(C)C(C)(C)C)c(-c2oc(CO[Si](C)(C)C(C)(C)C)cc(=O)c2C)o1. The zero-order chi connectivity index (χ0) is 26.3. The zero-order valence-electron chi connectivity index (χ0n) is 23.0. The second-order valence-corrected chi connectivity index (χ2v) is 21.6. The van der Waals surface area contributed by atoms with Crippen LogP contribution in [0.3, 0.4) is 0 Å². The van der Waals surface area contributed by atoms with Crippen LogP contribution in [-0.2, 0) is 17.5 Å². The molecule has 2 rings (SSSR count). The van der Waals surface area contributed by atoms with Gasteiger partial charge in [-0.2, -0.15) is 0 Å². The van der Waals surface area contributed by atoms with Crippen molar-refractivity contribution < 1.29 is 17.7 Å². The Morgan fingerprint density at radius 3 is 1.79 bits per heavy atom. The number of hydrogen-bond acceptors (Lipinski definition) is 6. The minimum Gasteiger partial charge on any atom is -0.538 e. The van der Waals surface area contributed by atoms with E-state index in [4.69, 9.17) is 17.7 Å². The van der Waals surface area contributed by atoms with Crippen molar-refractivity contribution in [2.75, 3.05) is 0 Å². The smallest absolute Gasteiger partial charge is 0.250 e. The molecule has 2 aromatic heterocycles. The molecule has 34 heavy (non-hydrogen) atoms. The van der Waals surface area contributed by atoms with E-state index in [9.17, 15) is 9.59 Å². The molecule has 0 aliphatic carbocycles. The molecule has 0 fully saturated rings. The maximum Gasteiger partial charge on any atom is 0.250 e. The average Bonchev–Trinajstić information content (AvgIpc) is 2.68. The summed E-state index contributed by atoms with van der Waals surface area (Å²) in [4.78, 5) is 26.0. The van der Waals surface area contributed by atoms with Crippen molar-refractivity contribution in [1.29, 1.82) is 0 Å². The average molecular weight is 507 g/mol. The van der Waals surface area contributed by atoms with E-state index in [1.165, 1.54) is 12.1 Å². The van der Waals surface area contributed by atoms with Crippen LogP contribution < -0.4 is 15.3 Å². The van der Waals surface area contributed by atoms with Crippen molar-refractivity contribution in [3.05, 3.63) is 49.7 Å². The first-order valence-corrected chi connectivity index (χ1v) is 17.8. The Hall–Kier alpha value is -1.91. The Kier molecular flexibility index (Phi) is 8.02. The molecule has 0 saturated heterocycles. The minimum absolute atomic E-state index is 0.0211. The lowest BCUT2D eigenvalue weighted by molar-refractivity contribution is 0.243. The van der Waals surface area contributed by atoms with Gasteiger partial charge in [0.25, 0.3) is 8.32 Å². The van der Waals surface area contributed by atoms with Crippen molar-refractivity contribution in [3.63, 3.8) is 0 Å². The largest absolute Gasteiger partial charge is 0.538 e. The Morgan fingerprint density at radius 1 is 0.794 bits per heavy atom. The van der Waals surface area contributed by atoms with Crippen LogP contribution in [0.4, 0.5) is 0 Å². The first kappa shape index (κ1) is 28.3. The highest BCUT2D eigenvalue weighted by atomic mass is 28.4. The molecule has 0 saturated carbocycles. The molecule has 0 aliphatic heterocycles. The summed E-state index contributed by atoms with van der Waals surface area (Å²) in [5, 5.41) is -0.109. The molecule has 0 amide bonds. The zero-order valence-corrected chi connectivity index (χ0v) is 25.0. The van der Waals surface area contributed by atoms with E-state index in [1.54, 1.807) is 6.92 Å². The van der Waals surface area contributed by atoms with Gasteiger partial charge in [0.05, 0.1) is 6.61 Å². The van der Waals surface area contributed by atoms with E-state index < -0.39 is 16.6 Å². The van der Waals surface area contributed by atoms with Gasteiger partial charge in [-0.15, -0.1) is 0 Å². The summed E-state index contributed by atoms with van der Waals surface area (Å²) >= 11 is 0. The summed E-state index contributed by atoms with van der Waals surface area (Å²) in [5.41, 5.74) is -0.0987. The molecule has 6 nitrogen and oxygen atoms in total. The second kappa shape index (κ2) is 9.62. The van der Waals surface area contributed by atoms with Gasteiger partial charge in [0.2, 0.25) is 11.2 Å². The van der Waals surface area contributed by atoms with Crippen molar-refractivity contribution in [2.24, 2.45) is 0 Å². The topological polar surface area (TPSA) is 78.9 Å². The molecule has 2 heterocycles. The highest BCUT2D eigenvalue weighted by molar-refractivity contribution is 6.75. The fourth-order valence-corrected chi connectivity index (χ4v) is 4.66. The van der Waals surface area contributed by atoms with Gasteiger partial charge in [0.15, 0.2) is 25.3 Å². The summed E-state index contributed by atoms with van der Waals surface area (Å²) in [7, 11) is -4.43. The molecular weight excluding hydrogens is 464 g/mol. The molecule has 2 aromatic rings. The van der Waals surface area contributed by atoms with Crippen LogP contribution >= 0.6 is 0 Å². The Labute approximate surface area is 205 Å². The maximum absolute atomic E-state index is 13.1. The van der Waals surface area contributed by atoms with E-state index in [-0.39, 0.29) is 44.8 Å². The standard InChI is InChI=1S/C26H42O6Si2/c1-13-18-14-21(28)23(32-34(11,12)26(6,7)8)24(30-18)22-17(2)20(27)15-19(31-22)16-29-33(9,10)25(3,4)5/h14-15H,13,16H2,1-12H3. The third-order valence-electron chi connectivity index (χ3n) is 7.29. The van der Waals surface area contributed by atoms with E-state index in [2.05, 4.69) is 67.7 Å². The summed E-state index contributed by atoms with van der Waals surface area (Å²) < 4.78 is 25.0. The van der Waals surface area contributed by atoms with Crippen LogP contribution in [-0.4, -0.2) is 16.6 Å². The third kappa shape index (κ3) is 6.01. The second-order valence-electron chi connectivity index (χ2n) is 12.0. The first-order chi connectivity index (χ1) is 15.3. The monoisotopic (exact) mass is 506 g/mol. The molecule has 0 spiro atoms. The van der Waals surface area contributed by atoms with Crippen molar-refractivity contribution in [2.45, 2.75) is 105 Å². The normalized spacial score (nSPS) is 13.3. The number of rotatable bonds is 7. The molecule has 0 unspecified atom stereocenters. The lowest BCUT2D eigenvalue weighted by Gasteiger charge is -2.36. The first-order valence-electron chi connectivity index (χ1n) is 11.9. The lowest BCUT2D eigenvalue weighted by atomic mass is 10.1. The van der Waals surface area contributed by atoms with Crippen LogP contribution in [0, 0.1) is 6.92 Å². The predicted octanol–water partition coefficient (Wildman–Crippen LogP) is 7.04. The quantitative estimate of drug-likeness (QED) is 0.375. The molecule has 0 radical (unpaired) electrons. The molecule has 8 heteroatoms. The van der Waals surface area contributed by atoms with Gasteiger partial charge in [0, 0.05) is 24.1 Å². The van der Waals surface area contributed by atoms with Crippen LogP contribution in [0.15, 0.2) is 30.6 Å². The highest BCUT2D eigenvalue weighted by Gasteiger charge is 2.41. The summed E-state index contributed by atoms with van der Waals surface area (Å²) in [6.45, 7) is 25.0. The molecule has 0 aromatic carbocycles. The minimum atomic E-state index is -2.37. The van der Waals surface area contributed by atoms with Gasteiger partial charge >= 0.3 is 0 Å². The highest BCUT2D eigenvalue weighted by Crippen LogP contribution is 2.40. The lowest BCUT2D eigenvalue weighted by Crippen LogP contribution is -2.45. The summed E-state index contributed by atoms with van der Waals surface area (Å²) in [6.07, 6.45) is 0.528. The maximum atomic E-state index is 13.1. The van der Waals surface area contributed by atoms with Gasteiger partial charge in [-0.3, -0.25) is 9.59 Å². The van der Waals surface area contributed by atoms with Gasteiger partial charge in [0.1, 0.15) is 11.5 Å². The van der Waals surface area contributed by atoms with Crippen LogP contribution in [0.5, 0.6) is 5.75 Å². The number of hydrogen-bond donors (Lipinski definition) is 0. The van der Waals surface area contributed by atoms with Crippen LogP contribution in [0.25, 0.3) is 11.5 Å². The van der Waals surface area contributed by atoms with E-state index in [1.807, 2.05) is 6.92 Å². The van der Waals surface area contributed by atoms with E-state index >= 15 is 0 Å². The molecule has 190 valence electrons. The van der Waals surface area contributed by atoms with Crippen molar-refractivity contribution >= 4 is 16.6 Å². The van der Waals surface area contributed by atoms with E-state index in [0.717, 1.165) is 0 Å². The van der Waals surface area contributed by atoms with E-state index in [0.29, 0.717) is 23.5 Å². The summed E-state index contributed by atoms with van der Waals surface area (Å²) in [6, 6.07) is 2.92. The van der Waals surface area contributed by atoms with Crippen molar-refractivity contribution in [1.82, 2.24) is 0 Å². The van der Waals surface area contributed by atoms with Crippen LogP contribution in [0.2, 0.25) is 36.3 Å².